The van der Waals surface area contributed by atoms with Crippen LogP contribution in [0.1, 0.15) is 11.1 Å². The molecule has 0 aliphatic carbocycles. The molecule has 1 rings (SSSR count). The van der Waals surface area contributed by atoms with Gasteiger partial charge in [-0.3, -0.25) is 14.9 Å². The molecule has 0 fully saturated rings. The maximum atomic E-state index is 10.6. The van der Waals surface area contributed by atoms with Crippen molar-refractivity contribution in [2.45, 2.75) is 6.42 Å². The van der Waals surface area contributed by atoms with Crippen LogP contribution in [0.25, 0.3) is 0 Å². The Morgan fingerprint density at radius 3 is 2.69 bits per heavy atom. The Morgan fingerprint density at radius 2 is 2.25 bits per heavy atom. The fourth-order valence-corrected chi connectivity index (χ4v) is 1.51. The molecule has 0 unspecified atom stereocenters. The van der Waals surface area contributed by atoms with Gasteiger partial charge in [-0.25, -0.2) is 0 Å². The summed E-state index contributed by atoms with van der Waals surface area (Å²) < 4.78 is 0. The summed E-state index contributed by atoms with van der Waals surface area (Å²) >= 11 is 5.61. The number of nitrogens with zero attached hydrogens (tertiary/aromatic N) is 2. The van der Waals surface area contributed by atoms with Crippen LogP contribution in [0, 0.1) is 21.4 Å². The van der Waals surface area contributed by atoms with Gasteiger partial charge in [-0.15, -0.1) is 0 Å². The first-order valence-corrected chi connectivity index (χ1v) is 4.42. The van der Waals surface area contributed by atoms with E-state index in [1.165, 1.54) is 6.07 Å². The third-order valence-corrected chi connectivity index (χ3v) is 2.07. The number of carbonyl (C=O) groups is 1. The molecular weight excluding hydrogens is 236 g/mol. The summed E-state index contributed by atoms with van der Waals surface area (Å²) in [4.78, 5) is 20.3. The van der Waals surface area contributed by atoms with E-state index in [-0.39, 0.29) is 22.6 Å². The van der Waals surface area contributed by atoms with Crippen LogP contribution >= 0.6 is 11.6 Å². The molecule has 0 spiro atoms. The summed E-state index contributed by atoms with van der Waals surface area (Å²) in [5, 5.41) is 27.6. The predicted octanol–water partition coefficient (Wildman–Crippen LogP) is 1.75. The zero-order valence-corrected chi connectivity index (χ0v) is 8.56. The van der Waals surface area contributed by atoms with Crippen molar-refractivity contribution in [3.63, 3.8) is 0 Å². The molecule has 0 saturated heterocycles. The van der Waals surface area contributed by atoms with Crippen molar-refractivity contribution >= 4 is 23.3 Å². The van der Waals surface area contributed by atoms with E-state index in [0.717, 1.165) is 6.07 Å². The average Bonchev–Trinajstić information content (AvgIpc) is 2.14. The van der Waals surface area contributed by atoms with Gasteiger partial charge in [-0.05, 0) is 17.7 Å². The number of carboxylic acid groups (broad SMARTS) is 1. The number of aliphatic carboxylic acids is 1. The van der Waals surface area contributed by atoms with Crippen molar-refractivity contribution in [2.24, 2.45) is 0 Å². The minimum Gasteiger partial charge on any atom is -0.481 e. The van der Waals surface area contributed by atoms with Gasteiger partial charge >= 0.3 is 11.7 Å². The first-order chi connectivity index (χ1) is 7.45. The van der Waals surface area contributed by atoms with E-state index in [0.29, 0.717) is 0 Å². The lowest BCUT2D eigenvalue weighted by Gasteiger charge is -2.01. The van der Waals surface area contributed by atoms with Crippen LogP contribution in [0.5, 0.6) is 0 Å². The van der Waals surface area contributed by atoms with Crippen LogP contribution in [0.2, 0.25) is 5.02 Å². The van der Waals surface area contributed by atoms with Crippen LogP contribution in [0.15, 0.2) is 12.1 Å². The summed E-state index contributed by atoms with van der Waals surface area (Å²) in [6.07, 6.45) is -0.341. The Morgan fingerprint density at radius 1 is 1.62 bits per heavy atom. The molecule has 0 heterocycles. The van der Waals surface area contributed by atoms with E-state index in [1.54, 1.807) is 6.07 Å². The summed E-state index contributed by atoms with van der Waals surface area (Å²) in [7, 11) is 0. The van der Waals surface area contributed by atoms with E-state index in [9.17, 15) is 14.9 Å². The summed E-state index contributed by atoms with van der Waals surface area (Å²) in [6, 6.07) is 3.94. The Kier molecular flexibility index (Phi) is 3.43. The molecule has 0 saturated carbocycles. The van der Waals surface area contributed by atoms with Gasteiger partial charge in [0.2, 0.25) is 0 Å². The molecule has 6 nitrogen and oxygen atoms in total. The number of hydrogen-bond acceptors (Lipinski definition) is 4. The molecule has 0 radical (unpaired) electrons. The highest BCUT2D eigenvalue weighted by atomic mass is 35.5. The maximum absolute atomic E-state index is 10.6. The van der Waals surface area contributed by atoms with Crippen molar-refractivity contribution in [2.75, 3.05) is 0 Å². The molecule has 1 aromatic carbocycles. The Hall–Kier alpha value is -2.13. The third kappa shape index (κ3) is 2.46. The number of hydrogen-bond donors (Lipinski definition) is 1. The second-order valence-electron chi connectivity index (χ2n) is 2.91. The third-order valence-electron chi connectivity index (χ3n) is 1.78. The van der Waals surface area contributed by atoms with Gasteiger partial charge in [0.15, 0.2) is 0 Å². The van der Waals surface area contributed by atoms with Gasteiger partial charge in [-0.2, -0.15) is 5.26 Å². The van der Waals surface area contributed by atoms with Crippen molar-refractivity contribution in [3.8, 4) is 6.07 Å². The summed E-state index contributed by atoms with van der Waals surface area (Å²) in [5.41, 5.74) is -0.494. The lowest BCUT2D eigenvalue weighted by atomic mass is 10.1. The lowest BCUT2D eigenvalue weighted by Crippen LogP contribution is -2.02. The highest BCUT2D eigenvalue weighted by molar-refractivity contribution is 6.33. The van der Waals surface area contributed by atoms with E-state index < -0.39 is 16.6 Å². The first-order valence-electron chi connectivity index (χ1n) is 4.04. The van der Waals surface area contributed by atoms with Gasteiger partial charge in [0.05, 0.1) is 11.3 Å². The van der Waals surface area contributed by atoms with Gasteiger partial charge in [0.1, 0.15) is 16.7 Å². The summed E-state index contributed by atoms with van der Waals surface area (Å²) in [6.45, 7) is 0. The van der Waals surface area contributed by atoms with E-state index in [1.807, 2.05) is 0 Å². The molecule has 16 heavy (non-hydrogen) atoms. The van der Waals surface area contributed by atoms with Crippen molar-refractivity contribution in [1.29, 1.82) is 5.26 Å². The average molecular weight is 241 g/mol. The Balaban J connectivity index is 3.33. The highest BCUT2D eigenvalue weighted by Crippen LogP contribution is 2.29. The van der Waals surface area contributed by atoms with Crippen LogP contribution < -0.4 is 0 Å². The molecule has 0 aliphatic heterocycles. The fourth-order valence-electron chi connectivity index (χ4n) is 1.20. The van der Waals surface area contributed by atoms with E-state index >= 15 is 0 Å². The molecule has 82 valence electrons. The van der Waals surface area contributed by atoms with Gasteiger partial charge < -0.3 is 5.11 Å². The normalized spacial score (nSPS) is 9.50. The maximum Gasteiger partial charge on any atom is 0.307 e. The molecule has 0 bridgehead atoms. The van der Waals surface area contributed by atoms with Gasteiger partial charge in [-0.1, -0.05) is 11.6 Å². The number of rotatable bonds is 3. The first kappa shape index (κ1) is 11.9. The van der Waals surface area contributed by atoms with E-state index in [2.05, 4.69) is 0 Å². The minimum atomic E-state index is -1.10. The smallest absolute Gasteiger partial charge is 0.307 e. The number of nitriles is 1. The Labute approximate surface area is 94.8 Å². The standard InChI is InChI=1S/C9H5ClN2O4/c10-7-2-5(3-8(13)14)1-6(4-11)9(7)12(15)16/h1-2H,3H2,(H,13,14). The van der Waals surface area contributed by atoms with Gasteiger partial charge in [0.25, 0.3) is 0 Å². The molecule has 1 aromatic rings. The van der Waals surface area contributed by atoms with Crippen LogP contribution in [0.4, 0.5) is 5.69 Å². The molecular formula is C9H5ClN2O4. The van der Waals surface area contributed by atoms with Crippen LogP contribution in [-0.4, -0.2) is 16.0 Å². The highest BCUT2D eigenvalue weighted by Gasteiger charge is 2.20. The molecule has 0 aliphatic rings. The Bertz CT molecular complexity index is 507. The quantitative estimate of drug-likeness (QED) is 0.640. The minimum absolute atomic E-state index is 0.236. The monoisotopic (exact) mass is 240 g/mol. The number of nitro benzene ring substituents is 1. The zero-order chi connectivity index (χ0) is 12.3. The summed E-state index contributed by atoms with van der Waals surface area (Å²) in [5.74, 6) is -1.10. The zero-order valence-electron chi connectivity index (χ0n) is 7.81. The molecule has 0 aromatic heterocycles. The molecule has 0 amide bonds. The molecule has 1 N–H and O–H groups in total. The van der Waals surface area contributed by atoms with Crippen LogP contribution in [-0.2, 0) is 11.2 Å². The van der Waals surface area contributed by atoms with Crippen molar-refractivity contribution in [3.05, 3.63) is 38.4 Å². The predicted molar refractivity (Wildman–Crippen MR) is 54.2 cm³/mol. The topological polar surface area (TPSA) is 104 Å². The van der Waals surface area contributed by atoms with Crippen molar-refractivity contribution < 1.29 is 14.8 Å². The fraction of sp³-hybridized carbons (Fsp3) is 0.111. The second kappa shape index (κ2) is 4.59. The van der Waals surface area contributed by atoms with Gasteiger partial charge in [0, 0.05) is 0 Å². The SMILES string of the molecule is N#Cc1cc(CC(=O)O)cc(Cl)c1[N+](=O)[O-]. The van der Waals surface area contributed by atoms with Crippen molar-refractivity contribution in [1.82, 2.24) is 0 Å². The van der Waals surface area contributed by atoms with E-state index in [4.69, 9.17) is 22.0 Å². The molecule has 0 atom stereocenters. The second-order valence-corrected chi connectivity index (χ2v) is 3.32. The number of carboxylic acids is 1. The molecule has 7 heteroatoms. The number of nitro groups is 1. The number of benzene rings is 1. The largest absolute Gasteiger partial charge is 0.481 e. The van der Waals surface area contributed by atoms with Crippen LogP contribution in [0.3, 0.4) is 0 Å². The lowest BCUT2D eigenvalue weighted by molar-refractivity contribution is -0.385. The number of halogens is 1.